The predicted octanol–water partition coefficient (Wildman–Crippen LogP) is 2.27. The Labute approximate surface area is 168 Å². The quantitative estimate of drug-likeness (QED) is 0.517. The first kappa shape index (κ1) is 21.5. The highest BCUT2D eigenvalue weighted by Crippen LogP contribution is 2.33. The van der Waals surface area contributed by atoms with Crippen LogP contribution in [0.5, 0.6) is 11.5 Å². The SMILES string of the molecule is COc1ccc(N(CC(=O)N/N=C\c2ccc(Cl)cc2)S(C)(=O)=O)c(OC)c1. The van der Waals surface area contributed by atoms with Gasteiger partial charge in [0.05, 0.1) is 32.4 Å². The molecule has 0 atom stereocenters. The van der Waals surface area contributed by atoms with Crippen molar-refractivity contribution in [1.82, 2.24) is 5.43 Å². The minimum absolute atomic E-state index is 0.211. The van der Waals surface area contributed by atoms with Gasteiger partial charge in [0, 0.05) is 11.1 Å². The van der Waals surface area contributed by atoms with Crippen molar-refractivity contribution in [1.29, 1.82) is 0 Å². The number of hydrogen-bond acceptors (Lipinski definition) is 6. The van der Waals surface area contributed by atoms with E-state index < -0.39 is 22.5 Å². The molecular formula is C18H20ClN3O5S. The maximum atomic E-state index is 12.2. The third-order valence-electron chi connectivity index (χ3n) is 3.62. The minimum atomic E-state index is -3.76. The van der Waals surface area contributed by atoms with Gasteiger partial charge in [-0.15, -0.1) is 0 Å². The van der Waals surface area contributed by atoms with Crippen LogP contribution >= 0.6 is 11.6 Å². The van der Waals surface area contributed by atoms with Gasteiger partial charge < -0.3 is 9.47 Å². The average molecular weight is 426 g/mol. The van der Waals surface area contributed by atoms with Crippen molar-refractivity contribution < 1.29 is 22.7 Å². The molecule has 0 aliphatic rings. The number of rotatable bonds is 8. The van der Waals surface area contributed by atoms with Crippen LogP contribution < -0.4 is 19.2 Å². The summed E-state index contributed by atoms with van der Waals surface area (Å²) in [5.74, 6) is 0.127. The van der Waals surface area contributed by atoms with Crippen molar-refractivity contribution >= 4 is 39.4 Å². The van der Waals surface area contributed by atoms with Gasteiger partial charge in [0.1, 0.15) is 18.0 Å². The molecule has 0 radical (unpaired) electrons. The van der Waals surface area contributed by atoms with Crippen LogP contribution in [0.4, 0.5) is 5.69 Å². The molecule has 0 spiro atoms. The number of anilines is 1. The normalized spacial score (nSPS) is 11.3. The zero-order chi connectivity index (χ0) is 20.7. The number of ether oxygens (including phenoxy) is 2. The first-order chi connectivity index (χ1) is 13.2. The average Bonchev–Trinajstić information content (AvgIpc) is 2.66. The van der Waals surface area contributed by atoms with E-state index in [2.05, 4.69) is 10.5 Å². The standard InChI is InChI=1S/C18H20ClN3O5S/c1-26-15-8-9-16(17(10-15)27-2)22(28(3,24)25)12-18(23)21-20-11-13-4-6-14(19)7-5-13/h4-11H,12H2,1-3H3,(H,21,23)/b20-11-. The number of carbonyl (C=O) groups excluding carboxylic acids is 1. The number of hydrazone groups is 1. The fourth-order valence-electron chi connectivity index (χ4n) is 2.27. The van der Waals surface area contributed by atoms with E-state index in [0.717, 1.165) is 16.1 Å². The van der Waals surface area contributed by atoms with E-state index in [0.29, 0.717) is 10.8 Å². The van der Waals surface area contributed by atoms with E-state index in [-0.39, 0.29) is 11.4 Å². The molecule has 0 bridgehead atoms. The van der Waals surface area contributed by atoms with Gasteiger partial charge in [0.2, 0.25) is 10.0 Å². The van der Waals surface area contributed by atoms with Crippen LogP contribution in [0.25, 0.3) is 0 Å². The minimum Gasteiger partial charge on any atom is -0.497 e. The molecular weight excluding hydrogens is 406 g/mol. The number of methoxy groups -OCH3 is 2. The molecule has 1 N–H and O–H groups in total. The largest absolute Gasteiger partial charge is 0.497 e. The molecule has 8 nitrogen and oxygen atoms in total. The molecule has 2 rings (SSSR count). The third kappa shape index (κ3) is 5.86. The molecule has 0 saturated carbocycles. The van der Waals surface area contributed by atoms with Crippen LogP contribution in [0, 0.1) is 0 Å². The van der Waals surface area contributed by atoms with Gasteiger partial charge in [-0.3, -0.25) is 9.10 Å². The second-order valence-corrected chi connectivity index (χ2v) is 8.00. The lowest BCUT2D eigenvalue weighted by molar-refractivity contribution is -0.119. The van der Waals surface area contributed by atoms with Crippen molar-refractivity contribution in [2.24, 2.45) is 5.10 Å². The summed E-state index contributed by atoms with van der Waals surface area (Å²) in [5, 5.41) is 4.41. The molecule has 10 heteroatoms. The Morgan fingerprint density at radius 1 is 1.18 bits per heavy atom. The van der Waals surface area contributed by atoms with Crippen LogP contribution in [-0.2, 0) is 14.8 Å². The zero-order valence-corrected chi connectivity index (χ0v) is 17.1. The van der Waals surface area contributed by atoms with Crippen LogP contribution in [0.15, 0.2) is 47.6 Å². The number of benzene rings is 2. The van der Waals surface area contributed by atoms with E-state index >= 15 is 0 Å². The Kier molecular flexibility index (Phi) is 7.24. The van der Waals surface area contributed by atoms with E-state index in [1.165, 1.54) is 32.6 Å². The molecule has 0 heterocycles. The molecule has 150 valence electrons. The first-order valence-corrected chi connectivity index (χ1v) is 10.2. The summed E-state index contributed by atoms with van der Waals surface area (Å²) in [6.45, 7) is -0.473. The zero-order valence-electron chi connectivity index (χ0n) is 15.5. The van der Waals surface area contributed by atoms with Crippen LogP contribution in [0.1, 0.15) is 5.56 Å². The molecule has 0 aliphatic carbocycles. The maximum Gasteiger partial charge on any atom is 0.260 e. The summed E-state index contributed by atoms with van der Waals surface area (Å²) < 4.78 is 35.7. The fraction of sp³-hybridized carbons (Fsp3) is 0.222. The molecule has 28 heavy (non-hydrogen) atoms. The van der Waals surface area contributed by atoms with Gasteiger partial charge in [-0.25, -0.2) is 13.8 Å². The Morgan fingerprint density at radius 2 is 1.86 bits per heavy atom. The van der Waals surface area contributed by atoms with E-state index in [4.69, 9.17) is 21.1 Å². The Balaban J connectivity index is 2.16. The lowest BCUT2D eigenvalue weighted by atomic mass is 10.2. The first-order valence-electron chi connectivity index (χ1n) is 8.02. The van der Waals surface area contributed by atoms with E-state index in [1.54, 1.807) is 30.3 Å². The molecule has 1 amide bonds. The van der Waals surface area contributed by atoms with Crippen LogP contribution in [-0.4, -0.2) is 47.6 Å². The molecule has 0 saturated heterocycles. The predicted molar refractivity (Wildman–Crippen MR) is 109 cm³/mol. The number of nitrogens with one attached hydrogen (secondary N) is 1. The summed E-state index contributed by atoms with van der Waals surface area (Å²) in [4.78, 5) is 12.2. The summed E-state index contributed by atoms with van der Waals surface area (Å²) in [7, 11) is -0.883. The summed E-state index contributed by atoms with van der Waals surface area (Å²) in [6.07, 6.45) is 2.42. The second-order valence-electron chi connectivity index (χ2n) is 5.65. The molecule has 2 aromatic rings. The Hall–Kier alpha value is -2.78. The fourth-order valence-corrected chi connectivity index (χ4v) is 3.25. The number of sulfonamides is 1. The molecule has 2 aromatic carbocycles. The van der Waals surface area contributed by atoms with Crippen molar-refractivity contribution in [3.63, 3.8) is 0 Å². The molecule has 0 aliphatic heterocycles. The molecule has 0 unspecified atom stereocenters. The van der Waals surface area contributed by atoms with Crippen molar-refractivity contribution in [2.45, 2.75) is 0 Å². The van der Waals surface area contributed by atoms with Gasteiger partial charge in [-0.05, 0) is 29.8 Å². The van der Waals surface area contributed by atoms with E-state index in [9.17, 15) is 13.2 Å². The van der Waals surface area contributed by atoms with Crippen molar-refractivity contribution in [3.05, 3.63) is 53.1 Å². The number of hydrogen-bond donors (Lipinski definition) is 1. The van der Waals surface area contributed by atoms with Crippen molar-refractivity contribution in [2.75, 3.05) is 31.3 Å². The Morgan fingerprint density at radius 3 is 2.43 bits per heavy atom. The van der Waals surface area contributed by atoms with Gasteiger partial charge in [-0.1, -0.05) is 23.7 Å². The van der Waals surface area contributed by atoms with Gasteiger partial charge in [-0.2, -0.15) is 5.10 Å². The highest BCUT2D eigenvalue weighted by atomic mass is 35.5. The van der Waals surface area contributed by atoms with Gasteiger partial charge in [0.15, 0.2) is 0 Å². The summed E-state index contributed by atoms with van der Waals surface area (Å²) in [5.41, 5.74) is 3.24. The van der Waals surface area contributed by atoms with E-state index in [1.807, 2.05) is 0 Å². The van der Waals surface area contributed by atoms with Crippen LogP contribution in [0.3, 0.4) is 0 Å². The summed E-state index contributed by atoms with van der Waals surface area (Å²) in [6, 6.07) is 11.4. The second kappa shape index (κ2) is 9.43. The topological polar surface area (TPSA) is 97.3 Å². The Bertz CT molecular complexity index is 962. The molecule has 0 aromatic heterocycles. The highest BCUT2D eigenvalue weighted by molar-refractivity contribution is 7.92. The lowest BCUT2D eigenvalue weighted by Gasteiger charge is -2.23. The molecule has 0 fully saturated rings. The van der Waals surface area contributed by atoms with Crippen LogP contribution in [0.2, 0.25) is 5.02 Å². The number of amides is 1. The smallest absolute Gasteiger partial charge is 0.260 e. The van der Waals surface area contributed by atoms with Gasteiger partial charge in [0.25, 0.3) is 5.91 Å². The number of nitrogens with zero attached hydrogens (tertiary/aromatic N) is 2. The lowest BCUT2D eigenvalue weighted by Crippen LogP contribution is -2.39. The van der Waals surface area contributed by atoms with Gasteiger partial charge >= 0.3 is 0 Å². The monoisotopic (exact) mass is 425 g/mol. The van der Waals surface area contributed by atoms with Crippen molar-refractivity contribution in [3.8, 4) is 11.5 Å². The highest BCUT2D eigenvalue weighted by Gasteiger charge is 2.24. The summed E-state index contributed by atoms with van der Waals surface area (Å²) >= 11 is 5.80. The maximum absolute atomic E-state index is 12.2. The number of carbonyl (C=O) groups is 1. The third-order valence-corrected chi connectivity index (χ3v) is 4.99. The number of halogens is 1.